The highest BCUT2D eigenvalue weighted by molar-refractivity contribution is 5.83. The molecule has 0 radical (unpaired) electrons. The smallest absolute Gasteiger partial charge is 0.227 e. The van der Waals surface area contributed by atoms with Crippen LogP contribution in [0.4, 0.5) is 0 Å². The molecule has 3 rings (SSSR count). The molecule has 106 valence electrons. The molecule has 0 atom stereocenters. The third-order valence-corrected chi connectivity index (χ3v) is 4.20. The zero-order valence-electron chi connectivity index (χ0n) is 11.4. The lowest BCUT2D eigenvalue weighted by molar-refractivity contribution is -0.135. The quantitative estimate of drug-likeness (QED) is 0.831. The molecule has 1 aliphatic rings. The zero-order valence-corrected chi connectivity index (χ0v) is 11.4. The van der Waals surface area contributed by atoms with Crippen LogP contribution in [0.3, 0.4) is 0 Å². The van der Waals surface area contributed by atoms with Crippen molar-refractivity contribution in [1.82, 2.24) is 19.9 Å². The lowest BCUT2D eigenvalue weighted by Gasteiger charge is -2.39. The number of hydrogen-bond acceptors (Lipinski definition) is 4. The van der Waals surface area contributed by atoms with Crippen molar-refractivity contribution in [3.8, 4) is 0 Å². The van der Waals surface area contributed by atoms with Crippen molar-refractivity contribution >= 4 is 11.6 Å². The van der Waals surface area contributed by atoms with Crippen molar-refractivity contribution in [3.05, 3.63) is 30.2 Å². The molecule has 0 saturated heterocycles. The largest absolute Gasteiger partial charge is 0.355 e. The Bertz CT molecular complexity index is 611. The Hall–Kier alpha value is -1.95. The van der Waals surface area contributed by atoms with Gasteiger partial charge in [-0.25, -0.2) is 0 Å². The summed E-state index contributed by atoms with van der Waals surface area (Å²) in [5, 5.41) is 11.2. The minimum absolute atomic E-state index is 0.0834. The Morgan fingerprint density at radius 2 is 2.25 bits per heavy atom. The number of nitrogens with zero attached hydrogens (tertiary/aromatic N) is 3. The minimum atomic E-state index is -0.313. The highest BCUT2D eigenvalue weighted by atomic mass is 16.2. The fourth-order valence-electron chi connectivity index (χ4n) is 2.66. The van der Waals surface area contributed by atoms with Gasteiger partial charge in [-0.2, -0.15) is 0 Å². The first-order chi connectivity index (χ1) is 9.75. The summed E-state index contributed by atoms with van der Waals surface area (Å²) in [5.41, 5.74) is 6.24. The fourth-order valence-corrected chi connectivity index (χ4v) is 2.66. The molecule has 0 aliphatic heterocycles. The van der Waals surface area contributed by atoms with Crippen LogP contribution in [0.5, 0.6) is 0 Å². The van der Waals surface area contributed by atoms with Crippen molar-refractivity contribution in [2.24, 2.45) is 11.1 Å². The normalized spacial score (nSPS) is 16.9. The fraction of sp³-hybridized carbons (Fsp3) is 0.500. The molecule has 1 aliphatic carbocycles. The van der Waals surface area contributed by atoms with Gasteiger partial charge in [0.05, 0.1) is 5.41 Å². The number of carbonyl (C=O) groups excluding carboxylic acids is 1. The maximum Gasteiger partial charge on any atom is 0.227 e. The van der Waals surface area contributed by atoms with Gasteiger partial charge in [-0.05, 0) is 25.0 Å². The average molecular weight is 273 g/mol. The third kappa shape index (κ3) is 2.16. The number of pyridine rings is 1. The summed E-state index contributed by atoms with van der Waals surface area (Å²) in [7, 11) is 0. The van der Waals surface area contributed by atoms with E-state index in [1.165, 1.54) is 0 Å². The molecule has 1 saturated carbocycles. The van der Waals surface area contributed by atoms with E-state index in [2.05, 4.69) is 15.5 Å². The number of nitrogens with two attached hydrogens (primary N) is 1. The highest BCUT2D eigenvalue weighted by Crippen LogP contribution is 2.39. The van der Waals surface area contributed by atoms with Crippen LogP contribution >= 0.6 is 0 Å². The van der Waals surface area contributed by atoms with E-state index in [-0.39, 0.29) is 11.3 Å². The van der Waals surface area contributed by atoms with Crippen molar-refractivity contribution in [2.75, 3.05) is 13.1 Å². The summed E-state index contributed by atoms with van der Waals surface area (Å²) >= 11 is 0. The van der Waals surface area contributed by atoms with Gasteiger partial charge in [-0.1, -0.05) is 12.5 Å². The number of rotatable bonds is 5. The average Bonchev–Trinajstić information content (AvgIpc) is 2.82. The van der Waals surface area contributed by atoms with Gasteiger partial charge in [0.25, 0.3) is 0 Å². The van der Waals surface area contributed by atoms with Crippen molar-refractivity contribution < 1.29 is 4.79 Å². The molecule has 6 nitrogen and oxygen atoms in total. The molecule has 1 amide bonds. The van der Waals surface area contributed by atoms with Gasteiger partial charge >= 0.3 is 0 Å². The molecule has 0 aromatic carbocycles. The Morgan fingerprint density at radius 3 is 2.95 bits per heavy atom. The van der Waals surface area contributed by atoms with Gasteiger partial charge in [0, 0.05) is 25.7 Å². The van der Waals surface area contributed by atoms with Crippen LogP contribution in [-0.4, -0.2) is 33.6 Å². The second-order valence-electron chi connectivity index (χ2n) is 5.39. The Labute approximate surface area is 117 Å². The summed E-state index contributed by atoms with van der Waals surface area (Å²) < 4.78 is 1.94. The first-order valence-corrected chi connectivity index (χ1v) is 7.02. The number of amides is 1. The number of fused-ring (bicyclic) bond motifs is 1. The van der Waals surface area contributed by atoms with E-state index in [1.807, 2.05) is 28.8 Å². The van der Waals surface area contributed by atoms with E-state index in [0.29, 0.717) is 19.5 Å². The predicted octanol–water partition coefficient (Wildman–Crippen LogP) is 0.517. The van der Waals surface area contributed by atoms with E-state index in [1.54, 1.807) is 0 Å². The molecule has 0 spiro atoms. The molecule has 0 unspecified atom stereocenters. The summed E-state index contributed by atoms with van der Waals surface area (Å²) in [6, 6.07) is 5.78. The molecule has 1 fully saturated rings. The predicted molar refractivity (Wildman–Crippen MR) is 75.0 cm³/mol. The topological polar surface area (TPSA) is 85.3 Å². The van der Waals surface area contributed by atoms with Crippen LogP contribution in [0.25, 0.3) is 5.65 Å². The lowest BCUT2D eigenvalue weighted by Crippen LogP contribution is -2.50. The SMILES string of the molecule is NCC1(C(=O)NCCc2nnc3ccccn23)CCC1. The van der Waals surface area contributed by atoms with E-state index in [0.717, 1.165) is 30.7 Å². The van der Waals surface area contributed by atoms with Gasteiger partial charge in [0.2, 0.25) is 5.91 Å². The molecule has 2 aromatic rings. The molecule has 6 heteroatoms. The van der Waals surface area contributed by atoms with E-state index in [4.69, 9.17) is 5.73 Å². The first-order valence-electron chi connectivity index (χ1n) is 7.02. The molecular formula is C14H19N5O. The van der Waals surface area contributed by atoms with Crippen LogP contribution < -0.4 is 11.1 Å². The van der Waals surface area contributed by atoms with Gasteiger partial charge in [0.15, 0.2) is 5.65 Å². The van der Waals surface area contributed by atoms with E-state index in [9.17, 15) is 4.79 Å². The molecule has 20 heavy (non-hydrogen) atoms. The van der Waals surface area contributed by atoms with Crippen LogP contribution in [-0.2, 0) is 11.2 Å². The van der Waals surface area contributed by atoms with Gasteiger partial charge < -0.3 is 11.1 Å². The van der Waals surface area contributed by atoms with Gasteiger partial charge in [-0.15, -0.1) is 10.2 Å². The number of nitrogens with one attached hydrogen (secondary N) is 1. The lowest BCUT2D eigenvalue weighted by atomic mass is 9.68. The minimum Gasteiger partial charge on any atom is -0.355 e. The monoisotopic (exact) mass is 273 g/mol. The van der Waals surface area contributed by atoms with Crippen LogP contribution in [0, 0.1) is 5.41 Å². The maximum absolute atomic E-state index is 12.1. The van der Waals surface area contributed by atoms with Gasteiger partial charge in [-0.3, -0.25) is 9.20 Å². The Balaban J connectivity index is 1.59. The van der Waals surface area contributed by atoms with Crippen LogP contribution in [0.1, 0.15) is 25.1 Å². The standard InChI is InChI=1S/C14H19N5O/c15-10-14(6-3-7-14)13(20)16-8-5-12-18-17-11-4-1-2-9-19(11)12/h1-2,4,9H,3,5-8,10,15H2,(H,16,20). The zero-order chi connectivity index (χ0) is 14.0. The molecule has 2 heterocycles. The molecule has 0 bridgehead atoms. The second-order valence-corrected chi connectivity index (χ2v) is 5.39. The Morgan fingerprint density at radius 1 is 1.40 bits per heavy atom. The van der Waals surface area contributed by atoms with Gasteiger partial charge in [0.1, 0.15) is 5.82 Å². The second kappa shape index (κ2) is 5.20. The maximum atomic E-state index is 12.1. The summed E-state index contributed by atoms with van der Waals surface area (Å²) in [5.74, 6) is 0.941. The number of carbonyl (C=O) groups is 1. The van der Waals surface area contributed by atoms with E-state index >= 15 is 0 Å². The van der Waals surface area contributed by atoms with Crippen molar-refractivity contribution in [2.45, 2.75) is 25.7 Å². The highest BCUT2D eigenvalue weighted by Gasteiger charge is 2.42. The first kappa shape index (κ1) is 13.1. The third-order valence-electron chi connectivity index (χ3n) is 4.20. The molecule has 3 N–H and O–H groups in total. The van der Waals surface area contributed by atoms with E-state index < -0.39 is 0 Å². The van der Waals surface area contributed by atoms with Crippen molar-refractivity contribution in [1.29, 1.82) is 0 Å². The van der Waals surface area contributed by atoms with Crippen molar-refractivity contribution in [3.63, 3.8) is 0 Å². The Kier molecular flexibility index (Phi) is 3.40. The number of hydrogen-bond donors (Lipinski definition) is 2. The molecule has 2 aromatic heterocycles. The summed E-state index contributed by atoms with van der Waals surface area (Å²) in [6.07, 6.45) is 5.50. The number of aromatic nitrogens is 3. The van der Waals surface area contributed by atoms with Crippen LogP contribution in [0.15, 0.2) is 24.4 Å². The summed E-state index contributed by atoms with van der Waals surface area (Å²) in [4.78, 5) is 12.1. The molecular weight excluding hydrogens is 254 g/mol. The summed E-state index contributed by atoms with van der Waals surface area (Å²) in [6.45, 7) is 1.00. The van der Waals surface area contributed by atoms with Crippen LogP contribution in [0.2, 0.25) is 0 Å².